The van der Waals surface area contributed by atoms with Crippen molar-refractivity contribution >= 4 is 5.97 Å². The molecule has 19 heavy (non-hydrogen) atoms. The van der Waals surface area contributed by atoms with Gasteiger partial charge in [0.25, 0.3) is 0 Å². The zero-order valence-corrected chi connectivity index (χ0v) is 11.3. The standard InChI is InChI=1S/C15H21NO3/c1-2-18-15(17)14(12-8-4-3-5-9-12)16-13-10-6-7-11-19-13/h3-5,8-9,13-14,16H,2,6-7,10-11H2,1H3. The quantitative estimate of drug-likeness (QED) is 0.829. The molecule has 1 aromatic carbocycles. The maximum atomic E-state index is 12.1. The highest BCUT2D eigenvalue weighted by Crippen LogP contribution is 2.19. The van der Waals surface area contributed by atoms with Gasteiger partial charge < -0.3 is 9.47 Å². The molecule has 0 aliphatic carbocycles. The van der Waals surface area contributed by atoms with Crippen molar-refractivity contribution in [1.82, 2.24) is 5.32 Å². The van der Waals surface area contributed by atoms with E-state index in [1.54, 1.807) is 0 Å². The Bertz CT molecular complexity index is 388. The van der Waals surface area contributed by atoms with Crippen molar-refractivity contribution in [3.05, 3.63) is 35.9 Å². The molecule has 1 saturated heterocycles. The molecule has 2 rings (SSSR count). The van der Waals surface area contributed by atoms with Crippen LogP contribution in [0.1, 0.15) is 37.8 Å². The molecule has 1 fully saturated rings. The van der Waals surface area contributed by atoms with E-state index in [-0.39, 0.29) is 12.2 Å². The third-order valence-electron chi connectivity index (χ3n) is 3.19. The number of nitrogens with one attached hydrogen (secondary N) is 1. The van der Waals surface area contributed by atoms with Crippen molar-refractivity contribution in [1.29, 1.82) is 0 Å². The van der Waals surface area contributed by atoms with Crippen LogP contribution < -0.4 is 5.32 Å². The van der Waals surface area contributed by atoms with Gasteiger partial charge in [0.2, 0.25) is 0 Å². The Labute approximate surface area is 114 Å². The number of carbonyl (C=O) groups excluding carboxylic acids is 1. The van der Waals surface area contributed by atoms with Crippen LogP contribution in [0.4, 0.5) is 0 Å². The van der Waals surface area contributed by atoms with E-state index in [2.05, 4.69) is 5.32 Å². The van der Waals surface area contributed by atoms with Gasteiger partial charge >= 0.3 is 5.97 Å². The minimum absolute atomic E-state index is 0.0663. The summed E-state index contributed by atoms with van der Waals surface area (Å²) in [7, 11) is 0. The summed E-state index contributed by atoms with van der Waals surface area (Å²) >= 11 is 0. The maximum Gasteiger partial charge on any atom is 0.327 e. The van der Waals surface area contributed by atoms with Gasteiger partial charge in [0, 0.05) is 6.61 Å². The minimum atomic E-state index is -0.454. The number of benzene rings is 1. The number of hydrogen-bond donors (Lipinski definition) is 1. The van der Waals surface area contributed by atoms with Crippen molar-refractivity contribution < 1.29 is 14.3 Å². The van der Waals surface area contributed by atoms with Crippen molar-refractivity contribution in [3.8, 4) is 0 Å². The lowest BCUT2D eigenvalue weighted by molar-refractivity contribution is -0.147. The summed E-state index contributed by atoms with van der Waals surface area (Å²) in [4.78, 5) is 12.1. The molecular formula is C15H21NO3. The van der Waals surface area contributed by atoms with Crippen LogP contribution in [0.3, 0.4) is 0 Å². The van der Waals surface area contributed by atoms with Gasteiger partial charge in [-0.15, -0.1) is 0 Å². The molecule has 1 N–H and O–H groups in total. The molecule has 0 amide bonds. The van der Waals surface area contributed by atoms with Crippen LogP contribution >= 0.6 is 0 Å². The normalized spacial score (nSPS) is 20.8. The largest absolute Gasteiger partial charge is 0.465 e. The molecule has 0 radical (unpaired) electrons. The van der Waals surface area contributed by atoms with E-state index in [4.69, 9.17) is 9.47 Å². The van der Waals surface area contributed by atoms with Gasteiger partial charge in [-0.25, -0.2) is 4.79 Å². The molecule has 1 aliphatic rings. The van der Waals surface area contributed by atoms with E-state index in [0.717, 1.165) is 31.4 Å². The molecule has 0 saturated carbocycles. The highest BCUT2D eigenvalue weighted by molar-refractivity contribution is 5.77. The highest BCUT2D eigenvalue weighted by atomic mass is 16.5. The zero-order valence-electron chi connectivity index (χ0n) is 11.3. The SMILES string of the molecule is CCOC(=O)C(NC1CCCCO1)c1ccccc1. The third-order valence-corrected chi connectivity index (χ3v) is 3.19. The molecule has 4 nitrogen and oxygen atoms in total. The first-order valence-electron chi connectivity index (χ1n) is 6.90. The average molecular weight is 263 g/mol. The average Bonchev–Trinajstić information content (AvgIpc) is 2.47. The Morgan fingerprint density at radius 1 is 1.42 bits per heavy atom. The van der Waals surface area contributed by atoms with Crippen molar-refractivity contribution in [2.75, 3.05) is 13.2 Å². The molecular weight excluding hydrogens is 242 g/mol. The summed E-state index contributed by atoms with van der Waals surface area (Å²) in [5.74, 6) is -0.247. The second-order valence-electron chi connectivity index (χ2n) is 4.62. The molecule has 1 aromatic rings. The van der Waals surface area contributed by atoms with E-state index in [1.807, 2.05) is 37.3 Å². The van der Waals surface area contributed by atoms with Gasteiger partial charge in [-0.3, -0.25) is 5.32 Å². The first-order chi connectivity index (χ1) is 9.31. The molecule has 104 valence electrons. The minimum Gasteiger partial charge on any atom is -0.465 e. The van der Waals surface area contributed by atoms with Crippen LogP contribution in [-0.4, -0.2) is 25.4 Å². The summed E-state index contributed by atoms with van der Waals surface area (Å²) in [5, 5.41) is 3.26. The zero-order chi connectivity index (χ0) is 13.5. The van der Waals surface area contributed by atoms with Crippen LogP contribution in [0.2, 0.25) is 0 Å². The molecule has 0 spiro atoms. The second-order valence-corrected chi connectivity index (χ2v) is 4.62. The van der Waals surface area contributed by atoms with Crippen LogP contribution in [0, 0.1) is 0 Å². The predicted molar refractivity (Wildman–Crippen MR) is 72.5 cm³/mol. The Morgan fingerprint density at radius 2 is 2.21 bits per heavy atom. The fraction of sp³-hybridized carbons (Fsp3) is 0.533. The topological polar surface area (TPSA) is 47.6 Å². The monoisotopic (exact) mass is 263 g/mol. The summed E-state index contributed by atoms with van der Waals surface area (Å²) < 4.78 is 10.8. The van der Waals surface area contributed by atoms with Crippen molar-refractivity contribution in [2.24, 2.45) is 0 Å². The Kier molecular flexibility index (Phi) is 5.36. The first-order valence-corrected chi connectivity index (χ1v) is 6.90. The van der Waals surface area contributed by atoms with E-state index < -0.39 is 6.04 Å². The van der Waals surface area contributed by atoms with Gasteiger partial charge in [-0.2, -0.15) is 0 Å². The lowest BCUT2D eigenvalue weighted by atomic mass is 10.1. The van der Waals surface area contributed by atoms with Gasteiger partial charge in [-0.1, -0.05) is 30.3 Å². The van der Waals surface area contributed by atoms with Crippen LogP contribution in [0.15, 0.2) is 30.3 Å². The van der Waals surface area contributed by atoms with E-state index in [9.17, 15) is 4.79 Å². The van der Waals surface area contributed by atoms with Gasteiger partial charge in [-0.05, 0) is 31.7 Å². The number of rotatable bonds is 5. The van der Waals surface area contributed by atoms with Gasteiger partial charge in [0.15, 0.2) is 0 Å². The van der Waals surface area contributed by atoms with E-state index in [0.29, 0.717) is 6.61 Å². The van der Waals surface area contributed by atoms with Gasteiger partial charge in [0.05, 0.1) is 6.61 Å². The molecule has 1 aliphatic heterocycles. The second kappa shape index (κ2) is 7.26. The molecule has 2 unspecified atom stereocenters. The number of carbonyl (C=O) groups is 1. The van der Waals surface area contributed by atoms with Crippen LogP contribution in [0.5, 0.6) is 0 Å². The van der Waals surface area contributed by atoms with Crippen LogP contribution in [0.25, 0.3) is 0 Å². The molecule has 0 aromatic heterocycles. The van der Waals surface area contributed by atoms with Crippen molar-refractivity contribution in [2.45, 2.75) is 38.5 Å². The Morgan fingerprint density at radius 3 is 2.84 bits per heavy atom. The van der Waals surface area contributed by atoms with E-state index >= 15 is 0 Å². The van der Waals surface area contributed by atoms with Crippen molar-refractivity contribution in [3.63, 3.8) is 0 Å². The smallest absolute Gasteiger partial charge is 0.327 e. The number of esters is 1. The Hall–Kier alpha value is -1.39. The lowest BCUT2D eigenvalue weighted by Crippen LogP contribution is -2.41. The Balaban J connectivity index is 2.07. The predicted octanol–water partition coefficient (Wildman–Crippen LogP) is 2.41. The number of ether oxygens (including phenoxy) is 2. The van der Waals surface area contributed by atoms with Gasteiger partial charge in [0.1, 0.15) is 12.3 Å². The number of hydrogen-bond acceptors (Lipinski definition) is 4. The third kappa shape index (κ3) is 4.04. The van der Waals surface area contributed by atoms with Crippen LogP contribution in [-0.2, 0) is 14.3 Å². The molecule has 0 bridgehead atoms. The highest BCUT2D eigenvalue weighted by Gasteiger charge is 2.26. The molecule has 1 heterocycles. The first kappa shape index (κ1) is 14.0. The summed E-state index contributed by atoms with van der Waals surface area (Å²) in [6.45, 7) is 2.95. The molecule has 4 heteroatoms. The fourth-order valence-corrected chi connectivity index (χ4v) is 2.23. The summed E-state index contributed by atoms with van der Waals surface area (Å²) in [6.07, 6.45) is 3.08. The maximum absolute atomic E-state index is 12.1. The fourth-order valence-electron chi connectivity index (χ4n) is 2.23. The lowest BCUT2D eigenvalue weighted by Gasteiger charge is -2.27. The summed E-state index contributed by atoms with van der Waals surface area (Å²) in [6, 6.07) is 9.18. The summed E-state index contributed by atoms with van der Waals surface area (Å²) in [5.41, 5.74) is 0.912. The van der Waals surface area contributed by atoms with E-state index in [1.165, 1.54) is 0 Å². The molecule has 2 atom stereocenters.